The molecule has 1 N–H and O–H groups in total. The normalized spacial score (nSPS) is 12.2. The van der Waals surface area contributed by atoms with Crippen LogP contribution in [0.15, 0.2) is 45.9 Å². The van der Waals surface area contributed by atoms with E-state index in [-0.39, 0.29) is 5.69 Å². The van der Waals surface area contributed by atoms with Crippen LogP contribution in [0.5, 0.6) is 0 Å². The van der Waals surface area contributed by atoms with Gasteiger partial charge in [-0.2, -0.15) is 13.2 Å². The fraction of sp³-hybridized carbons (Fsp3) is 0.154. The Kier molecular flexibility index (Phi) is 4.48. The number of sulfonamides is 1. The molecule has 1 aromatic carbocycles. The van der Waals surface area contributed by atoms with Crippen LogP contribution in [-0.2, 0) is 16.2 Å². The van der Waals surface area contributed by atoms with Gasteiger partial charge in [0.1, 0.15) is 5.69 Å². The molecule has 0 aliphatic rings. The molecule has 0 aliphatic heterocycles. The van der Waals surface area contributed by atoms with Crippen LogP contribution >= 0.6 is 15.9 Å². The molecular formula is C13H10BrF3N2O2S. The van der Waals surface area contributed by atoms with E-state index < -0.39 is 26.8 Å². The van der Waals surface area contributed by atoms with Gasteiger partial charge in [0.2, 0.25) is 0 Å². The molecule has 4 nitrogen and oxygen atoms in total. The zero-order valence-corrected chi connectivity index (χ0v) is 13.6. The molecule has 2 aromatic rings. The third-order valence-corrected chi connectivity index (χ3v) is 4.99. The first kappa shape index (κ1) is 16.8. The Morgan fingerprint density at radius 3 is 2.45 bits per heavy atom. The average molecular weight is 395 g/mol. The van der Waals surface area contributed by atoms with Crippen molar-refractivity contribution in [2.45, 2.75) is 18.0 Å². The summed E-state index contributed by atoms with van der Waals surface area (Å²) < 4.78 is 65.0. The van der Waals surface area contributed by atoms with Crippen molar-refractivity contribution in [1.29, 1.82) is 0 Å². The number of halogens is 4. The van der Waals surface area contributed by atoms with E-state index in [0.29, 0.717) is 10.5 Å². The predicted octanol–water partition coefficient (Wildman–Crippen LogP) is 3.97. The Hall–Kier alpha value is -1.61. The molecule has 1 heterocycles. The average Bonchev–Trinajstić information content (AvgIpc) is 2.42. The predicted molar refractivity (Wildman–Crippen MR) is 78.9 cm³/mol. The summed E-state index contributed by atoms with van der Waals surface area (Å²) >= 11 is 3.25. The standard InChI is InChI=1S/C13H10BrF3N2O2S/c1-8-2-3-9(6-11(8)14)19-22(20,21)10-4-5-18-12(7-10)13(15,16)17/h2-7,19H,1H3. The highest BCUT2D eigenvalue weighted by molar-refractivity contribution is 9.10. The molecule has 0 fully saturated rings. The van der Waals surface area contributed by atoms with Gasteiger partial charge in [0.25, 0.3) is 10.0 Å². The van der Waals surface area contributed by atoms with E-state index in [0.717, 1.165) is 17.8 Å². The number of aromatic nitrogens is 1. The van der Waals surface area contributed by atoms with Gasteiger partial charge in [0.05, 0.1) is 4.90 Å². The van der Waals surface area contributed by atoms with Crippen LogP contribution < -0.4 is 4.72 Å². The van der Waals surface area contributed by atoms with Crippen molar-refractivity contribution in [2.24, 2.45) is 0 Å². The lowest BCUT2D eigenvalue weighted by Gasteiger charge is -2.11. The monoisotopic (exact) mass is 394 g/mol. The number of nitrogens with zero attached hydrogens (tertiary/aromatic N) is 1. The maximum absolute atomic E-state index is 12.6. The molecule has 22 heavy (non-hydrogen) atoms. The molecular weight excluding hydrogens is 385 g/mol. The van der Waals surface area contributed by atoms with E-state index in [1.807, 2.05) is 6.92 Å². The fourth-order valence-electron chi connectivity index (χ4n) is 1.60. The van der Waals surface area contributed by atoms with Crippen LogP contribution in [-0.4, -0.2) is 13.4 Å². The minimum atomic E-state index is -4.71. The van der Waals surface area contributed by atoms with Crippen LogP contribution in [0.1, 0.15) is 11.3 Å². The molecule has 0 radical (unpaired) electrons. The van der Waals surface area contributed by atoms with Crippen LogP contribution in [0.25, 0.3) is 0 Å². The van der Waals surface area contributed by atoms with Crippen molar-refractivity contribution in [1.82, 2.24) is 4.98 Å². The van der Waals surface area contributed by atoms with Crippen LogP contribution in [0.3, 0.4) is 0 Å². The number of nitrogens with one attached hydrogen (secondary N) is 1. The van der Waals surface area contributed by atoms with Crippen molar-refractivity contribution in [2.75, 3.05) is 4.72 Å². The number of hydrogen-bond donors (Lipinski definition) is 1. The van der Waals surface area contributed by atoms with E-state index in [1.165, 1.54) is 12.1 Å². The van der Waals surface area contributed by atoms with Gasteiger partial charge in [-0.3, -0.25) is 9.71 Å². The van der Waals surface area contributed by atoms with E-state index in [2.05, 4.69) is 25.6 Å². The zero-order chi connectivity index (χ0) is 16.5. The van der Waals surface area contributed by atoms with Crippen LogP contribution in [0, 0.1) is 6.92 Å². The topological polar surface area (TPSA) is 59.1 Å². The maximum atomic E-state index is 12.6. The number of hydrogen-bond acceptors (Lipinski definition) is 3. The quantitative estimate of drug-likeness (QED) is 0.856. The SMILES string of the molecule is Cc1ccc(NS(=O)(=O)c2ccnc(C(F)(F)F)c2)cc1Br. The van der Waals surface area contributed by atoms with Crippen molar-refractivity contribution in [3.63, 3.8) is 0 Å². The smallest absolute Gasteiger partial charge is 0.280 e. The molecule has 0 amide bonds. The van der Waals surface area contributed by atoms with Crippen molar-refractivity contribution >= 4 is 31.6 Å². The lowest BCUT2D eigenvalue weighted by Crippen LogP contribution is -2.15. The number of rotatable bonds is 3. The Labute approximate surface area is 133 Å². The lowest BCUT2D eigenvalue weighted by molar-refractivity contribution is -0.141. The van der Waals surface area contributed by atoms with E-state index in [4.69, 9.17) is 0 Å². The third-order valence-electron chi connectivity index (χ3n) is 2.76. The molecule has 0 unspecified atom stereocenters. The van der Waals surface area contributed by atoms with Crippen molar-refractivity contribution in [3.05, 3.63) is 52.3 Å². The van der Waals surface area contributed by atoms with Gasteiger partial charge in [-0.25, -0.2) is 8.42 Å². The number of anilines is 1. The minimum Gasteiger partial charge on any atom is -0.280 e. The van der Waals surface area contributed by atoms with Crippen molar-refractivity contribution < 1.29 is 21.6 Å². The van der Waals surface area contributed by atoms with Gasteiger partial charge in [-0.15, -0.1) is 0 Å². The Morgan fingerprint density at radius 2 is 1.86 bits per heavy atom. The van der Waals surface area contributed by atoms with Crippen LogP contribution in [0.4, 0.5) is 18.9 Å². The van der Waals surface area contributed by atoms with Gasteiger partial charge in [-0.05, 0) is 36.8 Å². The molecule has 118 valence electrons. The third kappa shape index (κ3) is 3.77. The maximum Gasteiger partial charge on any atom is 0.433 e. The summed E-state index contributed by atoms with van der Waals surface area (Å²) in [6.45, 7) is 1.82. The first-order chi connectivity index (χ1) is 10.1. The van der Waals surface area contributed by atoms with Gasteiger partial charge in [-0.1, -0.05) is 22.0 Å². The highest BCUT2D eigenvalue weighted by Crippen LogP contribution is 2.29. The Morgan fingerprint density at radius 1 is 1.18 bits per heavy atom. The molecule has 9 heteroatoms. The number of alkyl halides is 3. The summed E-state index contributed by atoms with van der Waals surface area (Å²) in [6, 6.07) is 6.21. The molecule has 2 rings (SSSR count). The number of aryl methyl sites for hydroxylation is 1. The molecule has 0 bridgehead atoms. The van der Waals surface area contributed by atoms with Gasteiger partial charge < -0.3 is 0 Å². The molecule has 1 aromatic heterocycles. The zero-order valence-electron chi connectivity index (χ0n) is 11.1. The second-order valence-corrected chi connectivity index (χ2v) is 6.98. The molecule has 0 atom stereocenters. The number of pyridine rings is 1. The summed E-state index contributed by atoms with van der Waals surface area (Å²) in [5.41, 5.74) is -0.130. The summed E-state index contributed by atoms with van der Waals surface area (Å²) in [5.74, 6) is 0. The second-order valence-electron chi connectivity index (χ2n) is 4.44. The van der Waals surface area contributed by atoms with Crippen LogP contribution in [0.2, 0.25) is 0 Å². The van der Waals surface area contributed by atoms with Gasteiger partial charge in [0, 0.05) is 16.4 Å². The summed E-state index contributed by atoms with van der Waals surface area (Å²) in [7, 11) is -4.14. The summed E-state index contributed by atoms with van der Waals surface area (Å²) in [4.78, 5) is 2.62. The van der Waals surface area contributed by atoms with Gasteiger partial charge in [0.15, 0.2) is 0 Å². The lowest BCUT2D eigenvalue weighted by atomic mass is 10.2. The first-order valence-electron chi connectivity index (χ1n) is 5.92. The summed E-state index contributed by atoms with van der Waals surface area (Å²) in [6.07, 6.45) is -3.90. The second kappa shape index (κ2) is 5.88. The highest BCUT2D eigenvalue weighted by Gasteiger charge is 2.33. The van der Waals surface area contributed by atoms with E-state index >= 15 is 0 Å². The Bertz CT molecular complexity index is 807. The fourth-order valence-corrected chi connectivity index (χ4v) is 3.04. The Balaban J connectivity index is 2.36. The minimum absolute atomic E-state index is 0.239. The first-order valence-corrected chi connectivity index (χ1v) is 8.19. The van der Waals surface area contributed by atoms with E-state index in [1.54, 1.807) is 6.07 Å². The molecule has 0 saturated heterocycles. The van der Waals surface area contributed by atoms with E-state index in [9.17, 15) is 21.6 Å². The molecule has 0 spiro atoms. The van der Waals surface area contributed by atoms with Gasteiger partial charge >= 0.3 is 6.18 Å². The highest BCUT2D eigenvalue weighted by atomic mass is 79.9. The summed E-state index contributed by atoms with van der Waals surface area (Å²) in [5, 5.41) is 0. The largest absolute Gasteiger partial charge is 0.433 e. The molecule has 0 aliphatic carbocycles. The van der Waals surface area contributed by atoms with Crippen molar-refractivity contribution in [3.8, 4) is 0 Å². The molecule has 0 saturated carbocycles. The number of benzene rings is 1.